The minimum absolute atomic E-state index is 0.0702. The van der Waals surface area contributed by atoms with Gasteiger partial charge in [0.05, 0.1) is 6.10 Å². The van der Waals surface area contributed by atoms with Crippen LogP contribution < -0.4 is 0 Å². The lowest BCUT2D eigenvalue weighted by atomic mass is 10.00. The summed E-state index contributed by atoms with van der Waals surface area (Å²) in [6.45, 7) is 0. The zero-order valence-corrected chi connectivity index (χ0v) is 11.5. The van der Waals surface area contributed by atoms with Crippen molar-refractivity contribution in [1.82, 2.24) is 0 Å². The topological polar surface area (TPSA) is 57.5 Å². The van der Waals surface area contributed by atoms with Gasteiger partial charge in [-0.3, -0.25) is 4.79 Å². The van der Waals surface area contributed by atoms with E-state index >= 15 is 0 Å². The maximum Gasteiger partial charge on any atom is 0.303 e. The Labute approximate surface area is 122 Å². The number of aliphatic hydroxyl groups excluding tert-OH is 1. The third kappa shape index (κ3) is 3.59. The van der Waals surface area contributed by atoms with Gasteiger partial charge in [-0.25, -0.2) is 0 Å². The zero-order valence-electron chi connectivity index (χ0n) is 10.8. The lowest BCUT2D eigenvalue weighted by molar-refractivity contribution is -0.137. The number of halogens is 1. The largest absolute Gasteiger partial charge is 0.481 e. The van der Waals surface area contributed by atoms with Crippen LogP contribution in [0.5, 0.6) is 0 Å². The molecule has 0 bridgehead atoms. The minimum Gasteiger partial charge on any atom is -0.481 e. The number of hydrogen-bond acceptors (Lipinski definition) is 2. The fourth-order valence-electron chi connectivity index (χ4n) is 2.02. The normalized spacial score (nSPS) is 12.1. The van der Waals surface area contributed by atoms with Gasteiger partial charge < -0.3 is 10.2 Å². The third-order valence-electron chi connectivity index (χ3n) is 3.09. The van der Waals surface area contributed by atoms with E-state index in [1.807, 2.05) is 36.4 Å². The maximum atomic E-state index is 10.5. The van der Waals surface area contributed by atoms with Gasteiger partial charge in [-0.1, -0.05) is 54.1 Å². The number of carboxylic acid groups (broad SMARTS) is 1. The van der Waals surface area contributed by atoms with Crippen LogP contribution in [0.25, 0.3) is 11.1 Å². The van der Waals surface area contributed by atoms with Crippen molar-refractivity contribution >= 4 is 17.6 Å². The second-order valence-corrected chi connectivity index (χ2v) is 4.96. The maximum absolute atomic E-state index is 10.5. The molecule has 0 radical (unpaired) electrons. The predicted molar refractivity (Wildman–Crippen MR) is 78.7 cm³/mol. The van der Waals surface area contributed by atoms with Gasteiger partial charge in [-0.15, -0.1) is 0 Å². The molecule has 0 saturated carbocycles. The van der Waals surface area contributed by atoms with Crippen LogP contribution in [0.4, 0.5) is 0 Å². The van der Waals surface area contributed by atoms with Crippen molar-refractivity contribution in [2.24, 2.45) is 0 Å². The Morgan fingerprint density at radius 2 is 1.85 bits per heavy atom. The Bertz CT molecular complexity index is 596. The SMILES string of the molecule is O=C(O)CCC(O)c1ccc(-c2ccccc2)c(Cl)c1. The Kier molecular flexibility index (Phi) is 4.77. The average Bonchev–Trinajstić information content (AvgIpc) is 2.45. The highest BCUT2D eigenvalue weighted by Gasteiger charge is 2.12. The van der Waals surface area contributed by atoms with Crippen molar-refractivity contribution in [2.45, 2.75) is 18.9 Å². The van der Waals surface area contributed by atoms with Gasteiger partial charge in [0.2, 0.25) is 0 Å². The summed E-state index contributed by atoms with van der Waals surface area (Å²) in [4.78, 5) is 10.5. The molecule has 0 aliphatic rings. The van der Waals surface area contributed by atoms with Crippen molar-refractivity contribution < 1.29 is 15.0 Å². The van der Waals surface area contributed by atoms with Crippen LogP contribution in [-0.4, -0.2) is 16.2 Å². The molecule has 2 aromatic carbocycles. The lowest BCUT2D eigenvalue weighted by Crippen LogP contribution is -2.02. The van der Waals surface area contributed by atoms with Gasteiger partial charge >= 0.3 is 5.97 Å². The number of carboxylic acids is 1. The summed E-state index contributed by atoms with van der Waals surface area (Å²) < 4.78 is 0. The van der Waals surface area contributed by atoms with Crippen LogP contribution in [0, 0.1) is 0 Å². The smallest absolute Gasteiger partial charge is 0.303 e. The fourth-order valence-corrected chi connectivity index (χ4v) is 2.32. The van der Waals surface area contributed by atoms with Crippen LogP contribution in [0.3, 0.4) is 0 Å². The van der Waals surface area contributed by atoms with E-state index in [1.54, 1.807) is 12.1 Å². The first-order valence-corrected chi connectivity index (χ1v) is 6.70. The first-order chi connectivity index (χ1) is 9.58. The van der Waals surface area contributed by atoms with Gasteiger partial charge in [-0.05, 0) is 23.6 Å². The summed E-state index contributed by atoms with van der Waals surface area (Å²) in [5.41, 5.74) is 2.53. The number of benzene rings is 2. The molecule has 1 unspecified atom stereocenters. The molecule has 20 heavy (non-hydrogen) atoms. The summed E-state index contributed by atoms with van der Waals surface area (Å²) in [6.07, 6.45) is -0.705. The standard InChI is InChI=1S/C16H15ClO3/c17-14-10-12(15(18)8-9-16(19)20)6-7-13(14)11-4-2-1-3-5-11/h1-7,10,15,18H,8-9H2,(H,19,20). The van der Waals surface area contributed by atoms with Gasteiger partial charge in [0.25, 0.3) is 0 Å². The Hall–Kier alpha value is -1.84. The molecule has 4 heteroatoms. The van der Waals surface area contributed by atoms with E-state index < -0.39 is 12.1 Å². The molecule has 0 fully saturated rings. The number of hydrogen-bond donors (Lipinski definition) is 2. The molecule has 0 aliphatic heterocycles. The molecule has 0 saturated heterocycles. The van der Waals surface area contributed by atoms with Gasteiger partial charge in [0.15, 0.2) is 0 Å². The number of aliphatic carboxylic acids is 1. The van der Waals surface area contributed by atoms with Crippen LogP contribution in [-0.2, 0) is 4.79 Å². The van der Waals surface area contributed by atoms with Gasteiger partial charge in [0, 0.05) is 17.0 Å². The van der Waals surface area contributed by atoms with Crippen molar-refractivity contribution in [3.05, 3.63) is 59.1 Å². The molecule has 1 atom stereocenters. The molecule has 0 aliphatic carbocycles. The molecule has 3 nitrogen and oxygen atoms in total. The van der Waals surface area contributed by atoms with Gasteiger partial charge in [0.1, 0.15) is 0 Å². The molecule has 104 valence electrons. The van der Waals surface area contributed by atoms with E-state index in [-0.39, 0.29) is 12.8 Å². The first-order valence-electron chi connectivity index (χ1n) is 6.32. The fraction of sp³-hybridized carbons (Fsp3) is 0.188. The molecule has 2 rings (SSSR count). The van der Waals surface area contributed by atoms with Crippen LogP contribution >= 0.6 is 11.6 Å². The number of rotatable bonds is 5. The quantitative estimate of drug-likeness (QED) is 0.878. The molecule has 0 heterocycles. The lowest BCUT2D eigenvalue weighted by Gasteiger charge is -2.12. The van der Waals surface area contributed by atoms with E-state index in [0.717, 1.165) is 11.1 Å². The summed E-state index contributed by atoms with van der Waals surface area (Å²) in [7, 11) is 0. The van der Waals surface area contributed by atoms with Gasteiger partial charge in [-0.2, -0.15) is 0 Å². The third-order valence-corrected chi connectivity index (χ3v) is 3.41. The Morgan fingerprint density at radius 1 is 1.15 bits per heavy atom. The summed E-state index contributed by atoms with van der Waals surface area (Å²) in [6, 6.07) is 15.0. The predicted octanol–water partition coefficient (Wildman–Crippen LogP) is 3.91. The Morgan fingerprint density at radius 3 is 2.45 bits per heavy atom. The number of aliphatic hydroxyl groups is 1. The van der Waals surface area contributed by atoms with E-state index in [2.05, 4.69) is 0 Å². The molecule has 2 aromatic rings. The second kappa shape index (κ2) is 6.55. The Balaban J connectivity index is 2.20. The van der Waals surface area contributed by atoms with Crippen molar-refractivity contribution in [1.29, 1.82) is 0 Å². The van der Waals surface area contributed by atoms with Crippen LogP contribution in [0.2, 0.25) is 5.02 Å². The van der Waals surface area contributed by atoms with E-state index in [4.69, 9.17) is 16.7 Å². The van der Waals surface area contributed by atoms with Crippen molar-refractivity contribution in [3.63, 3.8) is 0 Å². The highest BCUT2D eigenvalue weighted by Crippen LogP contribution is 2.31. The van der Waals surface area contributed by atoms with Crippen LogP contribution in [0.15, 0.2) is 48.5 Å². The summed E-state index contributed by atoms with van der Waals surface area (Å²) in [5, 5.41) is 19.1. The summed E-state index contributed by atoms with van der Waals surface area (Å²) in [5.74, 6) is -0.920. The average molecular weight is 291 g/mol. The highest BCUT2D eigenvalue weighted by molar-refractivity contribution is 6.33. The number of carbonyl (C=O) groups is 1. The minimum atomic E-state index is -0.920. The zero-order chi connectivity index (χ0) is 14.5. The highest BCUT2D eigenvalue weighted by atomic mass is 35.5. The monoisotopic (exact) mass is 290 g/mol. The second-order valence-electron chi connectivity index (χ2n) is 4.55. The van der Waals surface area contributed by atoms with Crippen molar-refractivity contribution in [3.8, 4) is 11.1 Å². The van der Waals surface area contributed by atoms with Crippen molar-refractivity contribution in [2.75, 3.05) is 0 Å². The van der Waals surface area contributed by atoms with Crippen LogP contribution in [0.1, 0.15) is 24.5 Å². The molecular formula is C16H15ClO3. The molecule has 0 aromatic heterocycles. The molecular weight excluding hydrogens is 276 g/mol. The molecule has 2 N–H and O–H groups in total. The van der Waals surface area contributed by atoms with E-state index in [0.29, 0.717) is 10.6 Å². The first kappa shape index (κ1) is 14.6. The van der Waals surface area contributed by atoms with E-state index in [1.165, 1.54) is 0 Å². The molecule has 0 spiro atoms. The molecule has 0 amide bonds. The van der Waals surface area contributed by atoms with E-state index in [9.17, 15) is 9.90 Å². The summed E-state index contributed by atoms with van der Waals surface area (Å²) >= 11 is 6.24.